The Labute approximate surface area is 198 Å². The lowest BCUT2D eigenvalue weighted by Gasteiger charge is -2.34. The number of benzene rings is 2. The quantitative estimate of drug-likeness (QED) is 0.562. The number of aromatic nitrogens is 2. The molecule has 1 aliphatic heterocycles. The van der Waals surface area contributed by atoms with Gasteiger partial charge in [-0.2, -0.15) is 10.4 Å². The predicted octanol–water partition coefficient (Wildman–Crippen LogP) is 4.26. The summed E-state index contributed by atoms with van der Waals surface area (Å²) in [6.45, 7) is -0.535. The third-order valence-corrected chi connectivity index (χ3v) is 5.85. The first-order chi connectivity index (χ1) is 16.3. The Morgan fingerprint density at radius 2 is 2.00 bits per heavy atom. The van der Waals surface area contributed by atoms with Crippen LogP contribution in [0.15, 0.2) is 42.5 Å². The zero-order chi connectivity index (χ0) is 24.4. The van der Waals surface area contributed by atoms with Crippen LogP contribution in [0.25, 0.3) is 11.3 Å². The number of amides is 3. The van der Waals surface area contributed by atoms with Gasteiger partial charge in [0, 0.05) is 17.8 Å². The van der Waals surface area contributed by atoms with E-state index in [9.17, 15) is 18.4 Å². The summed E-state index contributed by atoms with van der Waals surface area (Å²) in [7, 11) is 0. The first-order valence-electron chi connectivity index (χ1n) is 10.3. The number of fused-ring (bicyclic) bond motifs is 1. The van der Waals surface area contributed by atoms with Crippen LogP contribution in [0.2, 0.25) is 5.02 Å². The van der Waals surface area contributed by atoms with E-state index in [1.807, 2.05) is 6.07 Å². The van der Waals surface area contributed by atoms with E-state index in [-0.39, 0.29) is 35.8 Å². The molecule has 0 unspecified atom stereocenters. The minimum absolute atomic E-state index is 0.00883. The average Bonchev–Trinajstić information content (AvgIpc) is 3.21. The van der Waals surface area contributed by atoms with Crippen LogP contribution in [0.4, 0.5) is 19.3 Å². The minimum atomic E-state index is -0.787. The van der Waals surface area contributed by atoms with Crippen molar-refractivity contribution >= 4 is 29.2 Å². The van der Waals surface area contributed by atoms with Crippen LogP contribution in [0.3, 0.4) is 0 Å². The molecule has 34 heavy (non-hydrogen) atoms. The topological polar surface area (TPSA) is 117 Å². The number of nitrogens with zero attached hydrogens (tertiary/aromatic N) is 4. The highest BCUT2D eigenvalue weighted by atomic mass is 35.5. The number of anilines is 1. The first kappa shape index (κ1) is 23.2. The van der Waals surface area contributed by atoms with Crippen molar-refractivity contribution in [3.63, 3.8) is 0 Å². The molecule has 3 aromatic rings. The highest BCUT2D eigenvalue weighted by molar-refractivity contribution is 6.31. The number of alkyl halides is 1. The number of nitrogens with two attached hydrogens (primary N) is 1. The lowest BCUT2D eigenvalue weighted by Crippen LogP contribution is -2.44. The van der Waals surface area contributed by atoms with Gasteiger partial charge in [-0.1, -0.05) is 11.6 Å². The summed E-state index contributed by atoms with van der Waals surface area (Å²) in [5.74, 6) is -1.42. The van der Waals surface area contributed by atoms with E-state index >= 15 is 0 Å². The van der Waals surface area contributed by atoms with Gasteiger partial charge < -0.3 is 16.0 Å². The zero-order valence-corrected chi connectivity index (χ0v) is 18.5. The van der Waals surface area contributed by atoms with Gasteiger partial charge in [0.25, 0.3) is 5.91 Å². The fourth-order valence-electron chi connectivity index (χ4n) is 3.93. The number of nitriles is 1. The molecule has 4 rings (SSSR count). The normalized spacial score (nSPS) is 14.9. The summed E-state index contributed by atoms with van der Waals surface area (Å²) in [6.07, 6.45) is 0.0527. The van der Waals surface area contributed by atoms with Crippen molar-refractivity contribution in [1.29, 1.82) is 5.26 Å². The second kappa shape index (κ2) is 9.49. The van der Waals surface area contributed by atoms with Gasteiger partial charge in [0.05, 0.1) is 47.2 Å². The SMILES string of the molecule is N#Cc1ccc(NC(=O)N2Cc3c(C(N)=O)c(-c4ccc(F)c(Cl)c4)nn3[C@@H](CCF)C2)cc1. The molecule has 2 heterocycles. The Morgan fingerprint density at radius 3 is 2.62 bits per heavy atom. The summed E-state index contributed by atoms with van der Waals surface area (Å²) in [6, 6.07) is 11.2. The van der Waals surface area contributed by atoms with Crippen LogP contribution in [0.1, 0.15) is 34.1 Å². The highest BCUT2D eigenvalue weighted by Crippen LogP contribution is 2.34. The summed E-state index contributed by atoms with van der Waals surface area (Å²) in [5, 5.41) is 16.0. The number of carbonyl (C=O) groups is 2. The van der Waals surface area contributed by atoms with Crippen LogP contribution in [-0.2, 0) is 6.54 Å². The van der Waals surface area contributed by atoms with Gasteiger partial charge >= 0.3 is 6.03 Å². The number of rotatable bonds is 5. The zero-order valence-electron chi connectivity index (χ0n) is 17.8. The van der Waals surface area contributed by atoms with Crippen LogP contribution in [0, 0.1) is 17.1 Å². The maximum atomic E-state index is 13.7. The Balaban J connectivity index is 1.70. The molecule has 2 aromatic carbocycles. The van der Waals surface area contributed by atoms with Crippen molar-refractivity contribution in [1.82, 2.24) is 14.7 Å². The van der Waals surface area contributed by atoms with Crippen molar-refractivity contribution in [2.24, 2.45) is 5.73 Å². The van der Waals surface area contributed by atoms with E-state index in [0.29, 0.717) is 22.5 Å². The van der Waals surface area contributed by atoms with E-state index in [4.69, 9.17) is 22.6 Å². The molecule has 174 valence electrons. The molecule has 0 saturated carbocycles. The lowest BCUT2D eigenvalue weighted by atomic mass is 10.0. The molecule has 3 amide bonds. The fraction of sp³-hybridized carbons (Fsp3) is 0.217. The Hall–Kier alpha value is -3.97. The Kier molecular flexibility index (Phi) is 6.47. The van der Waals surface area contributed by atoms with E-state index in [1.165, 1.54) is 21.7 Å². The van der Waals surface area contributed by atoms with Crippen LogP contribution in [0.5, 0.6) is 0 Å². The highest BCUT2D eigenvalue weighted by Gasteiger charge is 2.34. The maximum absolute atomic E-state index is 13.7. The van der Waals surface area contributed by atoms with E-state index in [2.05, 4.69) is 10.4 Å². The number of primary amides is 1. The molecule has 1 atom stereocenters. The van der Waals surface area contributed by atoms with Crippen molar-refractivity contribution in [3.8, 4) is 17.3 Å². The first-order valence-corrected chi connectivity index (χ1v) is 10.7. The lowest BCUT2D eigenvalue weighted by molar-refractivity contribution is 0.0996. The van der Waals surface area contributed by atoms with Crippen LogP contribution >= 0.6 is 11.6 Å². The second-order valence-electron chi connectivity index (χ2n) is 7.74. The van der Waals surface area contributed by atoms with E-state index in [0.717, 1.165) is 6.07 Å². The summed E-state index contributed by atoms with van der Waals surface area (Å²) in [5.41, 5.74) is 7.54. The fourth-order valence-corrected chi connectivity index (χ4v) is 4.11. The van der Waals surface area contributed by atoms with Gasteiger partial charge in [-0.3, -0.25) is 13.9 Å². The molecule has 0 spiro atoms. The largest absolute Gasteiger partial charge is 0.365 e. The smallest absolute Gasteiger partial charge is 0.322 e. The Bertz CT molecular complexity index is 1300. The van der Waals surface area contributed by atoms with Gasteiger partial charge in [-0.25, -0.2) is 9.18 Å². The molecular formula is C23H19ClF2N6O2. The molecule has 0 fully saturated rings. The molecule has 11 heteroatoms. The van der Waals surface area contributed by atoms with Crippen LogP contribution in [-0.4, -0.2) is 39.8 Å². The standard InChI is InChI=1S/C23H19ClF2N6O2/c24-17-9-14(3-6-18(17)26)21-20(22(28)33)19-12-31(11-16(7-8-25)32(19)30-21)23(34)29-15-4-1-13(10-27)2-5-15/h1-6,9,16H,7-8,11-12H2,(H2,28,33)(H,29,34)/t16-/m0/s1. The van der Waals surface area contributed by atoms with Gasteiger partial charge in [-0.05, 0) is 48.9 Å². The third-order valence-electron chi connectivity index (χ3n) is 5.56. The number of halogens is 3. The molecule has 8 nitrogen and oxygen atoms in total. The molecule has 1 aliphatic rings. The summed E-state index contributed by atoms with van der Waals surface area (Å²) in [4.78, 5) is 26.8. The van der Waals surface area contributed by atoms with E-state index in [1.54, 1.807) is 24.3 Å². The van der Waals surface area contributed by atoms with Gasteiger partial charge in [-0.15, -0.1) is 0 Å². The minimum Gasteiger partial charge on any atom is -0.365 e. The summed E-state index contributed by atoms with van der Waals surface area (Å²) < 4.78 is 28.5. The second-order valence-corrected chi connectivity index (χ2v) is 8.15. The molecule has 1 aromatic heterocycles. The number of nitrogens with one attached hydrogen (secondary N) is 1. The molecular weight excluding hydrogens is 466 g/mol. The van der Waals surface area contributed by atoms with Gasteiger partial charge in [0.15, 0.2) is 0 Å². The van der Waals surface area contributed by atoms with Crippen molar-refractivity contribution in [2.75, 3.05) is 18.5 Å². The number of hydrogen-bond acceptors (Lipinski definition) is 4. The van der Waals surface area contributed by atoms with Gasteiger partial charge in [0.1, 0.15) is 11.5 Å². The average molecular weight is 485 g/mol. The van der Waals surface area contributed by atoms with Gasteiger partial charge in [0.2, 0.25) is 0 Å². The maximum Gasteiger partial charge on any atom is 0.322 e. The van der Waals surface area contributed by atoms with E-state index < -0.39 is 30.5 Å². The number of hydrogen-bond donors (Lipinski definition) is 2. The third kappa shape index (κ3) is 4.43. The summed E-state index contributed by atoms with van der Waals surface area (Å²) >= 11 is 5.91. The Morgan fingerprint density at radius 1 is 1.26 bits per heavy atom. The molecule has 0 bridgehead atoms. The number of urea groups is 1. The molecule has 0 saturated heterocycles. The number of carbonyl (C=O) groups excluding carboxylic acids is 2. The van der Waals surface area contributed by atoms with Crippen molar-refractivity contribution in [2.45, 2.75) is 19.0 Å². The predicted molar refractivity (Wildman–Crippen MR) is 121 cm³/mol. The van der Waals surface area contributed by atoms with Crippen molar-refractivity contribution < 1.29 is 18.4 Å². The van der Waals surface area contributed by atoms with Crippen LogP contribution < -0.4 is 11.1 Å². The molecule has 3 N–H and O–H groups in total. The molecule has 0 radical (unpaired) electrons. The molecule has 0 aliphatic carbocycles. The van der Waals surface area contributed by atoms with Crippen molar-refractivity contribution in [3.05, 3.63) is 70.1 Å². The monoisotopic (exact) mass is 484 g/mol.